The zero-order valence-corrected chi connectivity index (χ0v) is 12.8. The van der Waals surface area contributed by atoms with Gasteiger partial charge in [-0.2, -0.15) is 0 Å². The molecule has 0 aliphatic heterocycles. The van der Waals surface area contributed by atoms with Gasteiger partial charge in [-0.3, -0.25) is 0 Å². The highest BCUT2D eigenvalue weighted by atomic mass is 14.9. The van der Waals surface area contributed by atoms with Gasteiger partial charge in [0, 0.05) is 12.0 Å². The van der Waals surface area contributed by atoms with Crippen LogP contribution in [0.15, 0.2) is 24.3 Å². The average molecular weight is 259 g/mol. The Bertz CT molecular complexity index is 371. The average Bonchev–Trinajstić information content (AvgIpc) is 2.89. The second-order valence-electron chi connectivity index (χ2n) is 6.44. The maximum atomic E-state index is 3.65. The van der Waals surface area contributed by atoms with Crippen molar-refractivity contribution >= 4 is 0 Å². The number of rotatable bonds is 6. The van der Waals surface area contributed by atoms with Gasteiger partial charge in [-0.15, -0.1) is 0 Å². The third kappa shape index (κ3) is 3.39. The molecule has 0 spiro atoms. The Hall–Kier alpha value is -0.820. The van der Waals surface area contributed by atoms with Crippen LogP contribution in [0.2, 0.25) is 0 Å². The minimum atomic E-state index is 0.407. The van der Waals surface area contributed by atoms with E-state index in [0.717, 1.165) is 13.1 Å². The minimum Gasteiger partial charge on any atom is -0.316 e. The highest BCUT2D eigenvalue weighted by Crippen LogP contribution is 2.40. The summed E-state index contributed by atoms with van der Waals surface area (Å²) in [5.74, 6) is 0.631. The summed E-state index contributed by atoms with van der Waals surface area (Å²) >= 11 is 0. The quantitative estimate of drug-likeness (QED) is 0.735. The molecule has 0 aromatic heterocycles. The third-order valence-corrected chi connectivity index (χ3v) is 4.64. The van der Waals surface area contributed by atoms with E-state index in [1.807, 2.05) is 0 Å². The summed E-state index contributed by atoms with van der Waals surface area (Å²) in [5, 5.41) is 3.65. The Labute approximate surface area is 118 Å². The van der Waals surface area contributed by atoms with Crippen molar-refractivity contribution in [3.63, 3.8) is 0 Å². The Morgan fingerprint density at radius 3 is 2.26 bits per heavy atom. The van der Waals surface area contributed by atoms with E-state index in [-0.39, 0.29) is 0 Å². The maximum absolute atomic E-state index is 3.65. The van der Waals surface area contributed by atoms with Crippen LogP contribution in [0.1, 0.15) is 69.9 Å². The van der Waals surface area contributed by atoms with Crippen molar-refractivity contribution < 1.29 is 0 Å². The third-order valence-electron chi connectivity index (χ3n) is 4.64. The standard InChI is InChI=1S/C18H29N/c1-4-13-19-14-18(11-5-6-12-18)17-9-7-16(8-10-17)15(2)3/h7-10,15,19H,4-6,11-14H2,1-3H3. The topological polar surface area (TPSA) is 12.0 Å². The summed E-state index contributed by atoms with van der Waals surface area (Å²) in [4.78, 5) is 0. The molecule has 1 nitrogen and oxygen atoms in total. The number of hydrogen-bond acceptors (Lipinski definition) is 1. The first kappa shape index (κ1) is 14.6. The Morgan fingerprint density at radius 1 is 1.11 bits per heavy atom. The second kappa shape index (κ2) is 6.56. The highest BCUT2D eigenvalue weighted by molar-refractivity contribution is 5.32. The van der Waals surface area contributed by atoms with Gasteiger partial charge in [0.1, 0.15) is 0 Å². The van der Waals surface area contributed by atoms with Crippen LogP contribution in [0.25, 0.3) is 0 Å². The van der Waals surface area contributed by atoms with Crippen LogP contribution in [0.3, 0.4) is 0 Å². The Morgan fingerprint density at radius 2 is 1.74 bits per heavy atom. The zero-order valence-electron chi connectivity index (χ0n) is 12.8. The molecule has 1 aliphatic carbocycles. The molecule has 0 amide bonds. The molecule has 0 radical (unpaired) electrons. The monoisotopic (exact) mass is 259 g/mol. The molecule has 19 heavy (non-hydrogen) atoms. The normalized spacial score (nSPS) is 18.1. The molecule has 0 heterocycles. The van der Waals surface area contributed by atoms with Crippen molar-refractivity contribution in [3.05, 3.63) is 35.4 Å². The molecule has 1 fully saturated rings. The molecule has 1 N–H and O–H groups in total. The lowest BCUT2D eigenvalue weighted by molar-refractivity contribution is 0.405. The molecule has 1 aliphatic rings. The number of hydrogen-bond donors (Lipinski definition) is 1. The van der Waals surface area contributed by atoms with Crippen molar-refractivity contribution in [1.29, 1.82) is 0 Å². The van der Waals surface area contributed by atoms with E-state index in [4.69, 9.17) is 0 Å². The summed E-state index contributed by atoms with van der Waals surface area (Å²) in [5.41, 5.74) is 3.42. The van der Waals surface area contributed by atoms with Gasteiger partial charge in [-0.1, -0.05) is 57.9 Å². The molecular weight excluding hydrogens is 230 g/mol. The first-order chi connectivity index (χ1) is 9.18. The van der Waals surface area contributed by atoms with Crippen LogP contribution in [0, 0.1) is 0 Å². The lowest BCUT2D eigenvalue weighted by atomic mass is 9.78. The minimum absolute atomic E-state index is 0.407. The second-order valence-corrected chi connectivity index (χ2v) is 6.44. The van der Waals surface area contributed by atoms with Gasteiger partial charge >= 0.3 is 0 Å². The van der Waals surface area contributed by atoms with Crippen molar-refractivity contribution in [1.82, 2.24) is 5.32 Å². The largest absolute Gasteiger partial charge is 0.316 e. The SMILES string of the molecule is CCCNCC1(c2ccc(C(C)C)cc2)CCCC1. The van der Waals surface area contributed by atoms with Crippen molar-refractivity contribution in [3.8, 4) is 0 Å². The summed E-state index contributed by atoms with van der Waals surface area (Å²) in [6.07, 6.45) is 6.71. The van der Waals surface area contributed by atoms with Crippen molar-refractivity contribution in [2.24, 2.45) is 0 Å². The van der Waals surface area contributed by atoms with Crippen LogP contribution in [-0.4, -0.2) is 13.1 Å². The lowest BCUT2D eigenvalue weighted by Crippen LogP contribution is -2.36. The molecule has 1 saturated carbocycles. The van der Waals surface area contributed by atoms with Crippen LogP contribution >= 0.6 is 0 Å². The maximum Gasteiger partial charge on any atom is 0.00777 e. The Kier molecular flexibility index (Phi) is 5.04. The molecule has 0 unspecified atom stereocenters. The smallest absolute Gasteiger partial charge is 0.00777 e. The fourth-order valence-electron chi connectivity index (χ4n) is 3.35. The number of benzene rings is 1. The van der Waals surface area contributed by atoms with Gasteiger partial charge in [0.25, 0.3) is 0 Å². The molecule has 0 bridgehead atoms. The van der Waals surface area contributed by atoms with E-state index in [2.05, 4.69) is 50.4 Å². The molecule has 1 heteroatoms. The van der Waals surface area contributed by atoms with Crippen LogP contribution in [0.5, 0.6) is 0 Å². The summed E-state index contributed by atoms with van der Waals surface area (Å²) in [6.45, 7) is 9.08. The molecule has 0 atom stereocenters. The van der Waals surface area contributed by atoms with E-state index in [1.165, 1.54) is 37.7 Å². The molecule has 1 aromatic carbocycles. The van der Waals surface area contributed by atoms with Crippen LogP contribution < -0.4 is 5.32 Å². The first-order valence-corrected chi connectivity index (χ1v) is 7.99. The molecule has 106 valence electrons. The van der Waals surface area contributed by atoms with Gasteiger partial charge < -0.3 is 5.32 Å². The van der Waals surface area contributed by atoms with E-state index in [1.54, 1.807) is 5.56 Å². The summed E-state index contributed by atoms with van der Waals surface area (Å²) < 4.78 is 0. The van der Waals surface area contributed by atoms with E-state index in [0.29, 0.717) is 11.3 Å². The molecule has 1 aromatic rings. The predicted molar refractivity (Wildman–Crippen MR) is 83.8 cm³/mol. The van der Waals surface area contributed by atoms with Crippen LogP contribution in [0.4, 0.5) is 0 Å². The van der Waals surface area contributed by atoms with Gasteiger partial charge in [0.05, 0.1) is 0 Å². The van der Waals surface area contributed by atoms with Gasteiger partial charge in [-0.05, 0) is 42.9 Å². The zero-order chi connectivity index (χ0) is 13.7. The fourth-order valence-corrected chi connectivity index (χ4v) is 3.35. The van der Waals surface area contributed by atoms with Gasteiger partial charge in [0.2, 0.25) is 0 Å². The van der Waals surface area contributed by atoms with E-state index < -0.39 is 0 Å². The predicted octanol–water partition coefficient (Wildman–Crippen LogP) is 4.62. The molecule has 2 rings (SSSR count). The number of nitrogens with one attached hydrogen (secondary N) is 1. The van der Waals surface area contributed by atoms with E-state index >= 15 is 0 Å². The van der Waals surface area contributed by atoms with Crippen LogP contribution in [-0.2, 0) is 5.41 Å². The summed E-state index contributed by atoms with van der Waals surface area (Å²) in [6, 6.07) is 9.43. The summed E-state index contributed by atoms with van der Waals surface area (Å²) in [7, 11) is 0. The highest BCUT2D eigenvalue weighted by Gasteiger charge is 2.34. The molecule has 0 saturated heterocycles. The van der Waals surface area contributed by atoms with Crippen molar-refractivity contribution in [2.45, 2.75) is 64.2 Å². The first-order valence-electron chi connectivity index (χ1n) is 7.99. The Balaban J connectivity index is 2.14. The fraction of sp³-hybridized carbons (Fsp3) is 0.667. The van der Waals surface area contributed by atoms with Crippen molar-refractivity contribution in [2.75, 3.05) is 13.1 Å². The molecular formula is C18H29N. The van der Waals surface area contributed by atoms with Gasteiger partial charge in [-0.25, -0.2) is 0 Å². The van der Waals surface area contributed by atoms with E-state index in [9.17, 15) is 0 Å². The van der Waals surface area contributed by atoms with Gasteiger partial charge in [0.15, 0.2) is 0 Å². The lowest BCUT2D eigenvalue weighted by Gasteiger charge is -2.30.